The molecule has 2 aromatic heterocycles. The number of benzene rings is 3. The quantitative estimate of drug-likeness (QED) is 0.242. The van der Waals surface area contributed by atoms with Crippen LogP contribution < -0.4 is 0 Å². The summed E-state index contributed by atoms with van der Waals surface area (Å²) in [5.41, 5.74) is 3.04. The van der Waals surface area contributed by atoms with Gasteiger partial charge in [0.2, 0.25) is 0 Å². The zero-order valence-electron chi connectivity index (χ0n) is 18.7. The number of nitrogens with zero attached hydrogens (tertiary/aromatic N) is 3. The maximum absolute atomic E-state index is 14.5. The summed E-state index contributed by atoms with van der Waals surface area (Å²) >= 11 is 12.3. The molecule has 0 aliphatic heterocycles. The molecule has 0 unspecified atom stereocenters. The van der Waals surface area contributed by atoms with Crippen molar-refractivity contribution < 1.29 is 13.2 Å². The van der Waals surface area contributed by atoms with E-state index in [0.29, 0.717) is 21.8 Å². The average molecular weight is 512 g/mol. The maximum atomic E-state index is 14.5. The number of rotatable bonds is 3. The van der Waals surface area contributed by atoms with Gasteiger partial charge < -0.3 is 0 Å². The van der Waals surface area contributed by atoms with Gasteiger partial charge in [-0.15, -0.1) is 0 Å². The van der Waals surface area contributed by atoms with Crippen LogP contribution in [0.4, 0.5) is 13.2 Å². The minimum absolute atomic E-state index is 0.0734. The van der Waals surface area contributed by atoms with E-state index >= 15 is 0 Å². The SMILES string of the molecule is Cc1ccc(-c2nn(-c3ccc(C)cc3)c3nc(-c4ccc(Cl)cc4Cl)cc(C(F)(F)F)c23)cc1. The van der Waals surface area contributed by atoms with E-state index in [1.807, 2.05) is 38.1 Å². The molecule has 0 saturated heterocycles. The summed E-state index contributed by atoms with van der Waals surface area (Å²) in [6.07, 6.45) is -4.66. The van der Waals surface area contributed by atoms with Gasteiger partial charge >= 0.3 is 6.18 Å². The third kappa shape index (κ3) is 4.40. The number of pyridine rings is 1. The van der Waals surface area contributed by atoms with Crippen LogP contribution in [0, 0.1) is 13.8 Å². The van der Waals surface area contributed by atoms with Crippen LogP contribution in [-0.4, -0.2) is 14.8 Å². The lowest BCUT2D eigenvalue weighted by atomic mass is 10.0. The van der Waals surface area contributed by atoms with Crippen LogP contribution in [0.2, 0.25) is 10.0 Å². The smallest absolute Gasteiger partial charge is 0.228 e. The molecule has 0 bridgehead atoms. The van der Waals surface area contributed by atoms with Crippen molar-refractivity contribution in [3.05, 3.63) is 99.5 Å². The van der Waals surface area contributed by atoms with Crippen molar-refractivity contribution in [2.24, 2.45) is 0 Å². The first-order valence-corrected chi connectivity index (χ1v) is 11.5. The lowest BCUT2D eigenvalue weighted by Gasteiger charge is -2.13. The van der Waals surface area contributed by atoms with E-state index in [-0.39, 0.29) is 27.4 Å². The number of fused-ring (bicyclic) bond motifs is 1. The zero-order valence-corrected chi connectivity index (χ0v) is 20.2. The monoisotopic (exact) mass is 511 g/mol. The van der Waals surface area contributed by atoms with Gasteiger partial charge in [0.25, 0.3) is 0 Å². The minimum Gasteiger partial charge on any atom is -0.228 e. The first kappa shape index (κ1) is 23.4. The highest BCUT2D eigenvalue weighted by Crippen LogP contribution is 2.42. The van der Waals surface area contributed by atoms with Gasteiger partial charge in [0.05, 0.1) is 27.4 Å². The first-order chi connectivity index (χ1) is 16.6. The van der Waals surface area contributed by atoms with Gasteiger partial charge in [-0.25, -0.2) is 9.67 Å². The molecular formula is C27H18Cl2F3N3. The molecule has 0 N–H and O–H groups in total. The number of aryl methyl sites for hydroxylation is 2. The fourth-order valence-corrected chi connectivity index (χ4v) is 4.46. The summed E-state index contributed by atoms with van der Waals surface area (Å²) in [6.45, 7) is 3.85. The molecule has 8 heteroatoms. The van der Waals surface area contributed by atoms with Crippen LogP contribution in [0.3, 0.4) is 0 Å². The van der Waals surface area contributed by atoms with Gasteiger partial charge in [0.1, 0.15) is 5.69 Å². The molecule has 0 amide bonds. The molecule has 5 aromatic rings. The number of hydrogen-bond donors (Lipinski definition) is 0. The second-order valence-electron chi connectivity index (χ2n) is 8.34. The normalized spacial score (nSPS) is 11.9. The Balaban J connectivity index is 1.90. The van der Waals surface area contributed by atoms with E-state index in [2.05, 4.69) is 10.1 Å². The minimum atomic E-state index is -4.66. The fraction of sp³-hybridized carbons (Fsp3) is 0.111. The average Bonchev–Trinajstić information content (AvgIpc) is 3.18. The molecule has 0 radical (unpaired) electrons. The Morgan fingerprint density at radius 1 is 0.800 bits per heavy atom. The van der Waals surface area contributed by atoms with Crippen molar-refractivity contribution in [1.29, 1.82) is 0 Å². The number of aromatic nitrogens is 3. The zero-order chi connectivity index (χ0) is 24.9. The van der Waals surface area contributed by atoms with Crippen LogP contribution in [0.25, 0.3) is 39.2 Å². The third-order valence-electron chi connectivity index (χ3n) is 5.75. The van der Waals surface area contributed by atoms with Gasteiger partial charge in [-0.05, 0) is 50.2 Å². The molecule has 0 aliphatic carbocycles. The predicted molar refractivity (Wildman–Crippen MR) is 134 cm³/mol. The van der Waals surface area contributed by atoms with Gasteiger partial charge in [-0.2, -0.15) is 18.3 Å². The van der Waals surface area contributed by atoms with E-state index in [9.17, 15) is 13.2 Å². The first-order valence-electron chi connectivity index (χ1n) is 10.7. The molecule has 0 saturated carbocycles. The molecule has 0 atom stereocenters. The predicted octanol–water partition coefficient (Wildman–Crippen LogP) is 8.70. The van der Waals surface area contributed by atoms with E-state index in [0.717, 1.165) is 17.2 Å². The van der Waals surface area contributed by atoms with Crippen molar-refractivity contribution in [1.82, 2.24) is 14.8 Å². The summed E-state index contributed by atoms with van der Waals surface area (Å²) in [5, 5.41) is 5.14. The standard InChI is InChI=1S/C27H18Cl2F3N3/c1-15-3-7-17(8-4-15)25-24-21(27(30,31)32)14-23(20-12-9-18(28)13-22(20)29)33-26(24)35(34-25)19-10-5-16(2)6-11-19/h3-14H,1-2H3. The van der Waals surface area contributed by atoms with Gasteiger partial charge in [0, 0.05) is 16.1 Å². The second-order valence-corrected chi connectivity index (χ2v) is 9.18. The van der Waals surface area contributed by atoms with Crippen LogP contribution in [-0.2, 0) is 6.18 Å². The highest BCUT2D eigenvalue weighted by Gasteiger charge is 2.37. The molecule has 2 heterocycles. The van der Waals surface area contributed by atoms with Crippen molar-refractivity contribution in [2.75, 3.05) is 0 Å². The highest BCUT2D eigenvalue weighted by molar-refractivity contribution is 6.36. The Morgan fingerprint density at radius 3 is 2.03 bits per heavy atom. The highest BCUT2D eigenvalue weighted by atomic mass is 35.5. The van der Waals surface area contributed by atoms with E-state index in [1.165, 1.54) is 10.7 Å². The third-order valence-corrected chi connectivity index (χ3v) is 6.30. The van der Waals surface area contributed by atoms with E-state index < -0.39 is 11.7 Å². The maximum Gasteiger partial charge on any atom is 0.417 e. The lowest BCUT2D eigenvalue weighted by Crippen LogP contribution is -2.08. The fourth-order valence-electron chi connectivity index (χ4n) is 3.95. The van der Waals surface area contributed by atoms with Gasteiger partial charge in [-0.3, -0.25) is 0 Å². The van der Waals surface area contributed by atoms with Crippen LogP contribution in [0.5, 0.6) is 0 Å². The van der Waals surface area contributed by atoms with Crippen molar-refractivity contribution in [3.63, 3.8) is 0 Å². The van der Waals surface area contributed by atoms with Gasteiger partial charge in [0.15, 0.2) is 5.65 Å². The Morgan fingerprint density at radius 2 is 1.43 bits per heavy atom. The lowest BCUT2D eigenvalue weighted by molar-refractivity contribution is -0.136. The van der Waals surface area contributed by atoms with Crippen molar-refractivity contribution >= 4 is 34.2 Å². The van der Waals surface area contributed by atoms with Crippen LogP contribution >= 0.6 is 23.2 Å². The van der Waals surface area contributed by atoms with Crippen molar-refractivity contribution in [3.8, 4) is 28.2 Å². The second kappa shape index (κ2) is 8.70. The molecule has 3 aromatic carbocycles. The molecular weight excluding hydrogens is 494 g/mol. The summed E-state index contributed by atoms with van der Waals surface area (Å²) in [6, 6.07) is 20.2. The molecule has 176 valence electrons. The summed E-state index contributed by atoms with van der Waals surface area (Å²) in [4.78, 5) is 4.65. The molecule has 0 aliphatic rings. The van der Waals surface area contributed by atoms with E-state index in [1.54, 1.807) is 36.4 Å². The van der Waals surface area contributed by atoms with Crippen LogP contribution in [0.1, 0.15) is 16.7 Å². The van der Waals surface area contributed by atoms with Crippen LogP contribution in [0.15, 0.2) is 72.8 Å². The van der Waals surface area contributed by atoms with E-state index in [4.69, 9.17) is 23.2 Å². The number of hydrogen-bond acceptors (Lipinski definition) is 2. The molecule has 3 nitrogen and oxygen atoms in total. The Bertz CT molecular complexity index is 1550. The molecule has 35 heavy (non-hydrogen) atoms. The van der Waals surface area contributed by atoms with Gasteiger partial charge in [-0.1, -0.05) is 70.7 Å². The Hall–Kier alpha value is -3.35. The number of halogens is 5. The van der Waals surface area contributed by atoms with Crippen molar-refractivity contribution in [2.45, 2.75) is 20.0 Å². The molecule has 0 spiro atoms. The summed E-state index contributed by atoms with van der Waals surface area (Å²) in [7, 11) is 0. The topological polar surface area (TPSA) is 30.7 Å². The Kier molecular flexibility index (Phi) is 5.82. The summed E-state index contributed by atoms with van der Waals surface area (Å²) < 4.78 is 44.9. The molecule has 0 fully saturated rings. The summed E-state index contributed by atoms with van der Waals surface area (Å²) in [5.74, 6) is 0. The molecule has 5 rings (SSSR count). The Labute approximate surface area is 209 Å². The number of alkyl halides is 3. The largest absolute Gasteiger partial charge is 0.417 e.